The molecular formula is C14H28ClN3O3S. The number of halogens is 1. The molecule has 0 aromatic heterocycles. The summed E-state index contributed by atoms with van der Waals surface area (Å²) in [4.78, 5) is 11.9. The van der Waals surface area contributed by atoms with Gasteiger partial charge in [0.1, 0.15) is 0 Å². The summed E-state index contributed by atoms with van der Waals surface area (Å²) in [5.41, 5.74) is 0. The Hall–Kier alpha value is -0.370. The average Bonchev–Trinajstić information content (AvgIpc) is 2.66. The zero-order chi connectivity index (χ0) is 15.5. The molecule has 22 heavy (non-hydrogen) atoms. The minimum Gasteiger partial charge on any atom is -0.355 e. The van der Waals surface area contributed by atoms with Crippen LogP contribution in [0.5, 0.6) is 0 Å². The smallest absolute Gasteiger partial charge is 0.220 e. The number of carbonyl (C=O) groups is 1. The maximum absolute atomic E-state index is 11.9. The number of carbonyl (C=O) groups excluding carboxylic acids is 1. The molecule has 0 aromatic rings. The van der Waals surface area contributed by atoms with Crippen molar-refractivity contribution in [2.24, 2.45) is 5.92 Å². The highest BCUT2D eigenvalue weighted by molar-refractivity contribution is 7.89. The van der Waals surface area contributed by atoms with E-state index in [1.54, 1.807) is 13.8 Å². The molecule has 2 rings (SSSR count). The van der Waals surface area contributed by atoms with Crippen LogP contribution in [0.2, 0.25) is 0 Å². The number of fused-ring (bicyclic) bond motifs is 2. The Morgan fingerprint density at radius 1 is 1.23 bits per heavy atom. The number of nitrogens with one attached hydrogen (secondary N) is 3. The fourth-order valence-corrected chi connectivity index (χ4v) is 4.63. The van der Waals surface area contributed by atoms with Crippen LogP contribution in [0.15, 0.2) is 0 Å². The van der Waals surface area contributed by atoms with Crippen molar-refractivity contribution in [1.29, 1.82) is 0 Å². The van der Waals surface area contributed by atoms with E-state index in [0.29, 0.717) is 24.4 Å². The molecule has 0 aromatic carbocycles. The summed E-state index contributed by atoms with van der Waals surface area (Å²) in [5, 5.41) is 6.29. The molecule has 2 bridgehead atoms. The van der Waals surface area contributed by atoms with Crippen LogP contribution in [0.3, 0.4) is 0 Å². The lowest BCUT2D eigenvalue weighted by molar-refractivity contribution is -0.122. The molecule has 2 aliphatic rings. The van der Waals surface area contributed by atoms with E-state index in [4.69, 9.17) is 0 Å². The molecule has 2 fully saturated rings. The lowest BCUT2D eigenvalue weighted by Gasteiger charge is -2.28. The van der Waals surface area contributed by atoms with Crippen molar-refractivity contribution in [3.63, 3.8) is 0 Å². The Morgan fingerprint density at radius 3 is 2.36 bits per heavy atom. The number of rotatable bonds is 7. The monoisotopic (exact) mass is 353 g/mol. The van der Waals surface area contributed by atoms with E-state index in [2.05, 4.69) is 15.4 Å². The molecular weight excluding hydrogens is 326 g/mol. The molecule has 0 saturated carbocycles. The molecule has 130 valence electrons. The molecule has 0 spiro atoms. The first kappa shape index (κ1) is 19.7. The third-order valence-electron chi connectivity index (χ3n) is 4.15. The minimum atomic E-state index is -3.29. The van der Waals surface area contributed by atoms with Gasteiger partial charge in [-0.15, -0.1) is 12.4 Å². The van der Waals surface area contributed by atoms with Crippen molar-refractivity contribution in [1.82, 2.24) is 15.4 Å². The van der Waals surface area contributed by atoms with Crippen molar-refractivity contribution >= 4 is 28.3 Å². The SMILES string of the molecule is CC(C)NS(=O)(=O)CCNC(=O)CC1CC2CCC(C1)N2.Cl. The molecule has 2 saturated heterocycles. The zero-order valence-corrected chi connectivity index (χ0v) is 14.9. The van der Waals surface area contributed by atoms with Crippen molar-refractivity contribution in [2.45, 2.75) is 64.1 Å². The highest BCUT2D eigenvalue weighted by Gasteiger charge is 2.34. The second-order valence-corrected chi connectivity index (χ2v) is 8.49. The first-order valence-electron chi connectivity index (χ1n) is 7.87. The van der Waals surface area contributed by atoms with Gasteiger partial charge in [-0.05, 0) is 45.4 Å². The van der Waals surface area contributed by atoms with Gasteiger partial charge in [0.05, 0.1) is 5.75 Å². The summed E-state index contributed by atoms with van der Waals surface area (Å²) in [6, 6.07) is 1.05. The van der Waals surface area contributed by atoms with Crippen LogP contribution < -0.4 is 15.4 Å². The van der Waals surface area contributed by atoms with E-state index < -0.39 is 10.0 Å². The zero-order valence-electron chi connectivity index (χ0n) is 13.3. The number of amides is 1. The van der Waals surface area contributed by atoms with Crippen LogP contribution in [-0.2, 0) is 14.8 Å². The van der Waals surface area contributed by atoms with Gasteiger partial charge in [0.25, 0.3) is 0 Å². The van der Waals surface area contributed by atoms with E-state index in [1.165, 1.54) is 12.8 Å². The van der Waals surface area contributed by atoms with Crippen LogP contribution in [0.4, 0.5) is 0 Å². The van der Waals surface area contributed by atoms with Crippen LogP contribution in [0.25, 0.3) is 0 Å². The average molecular weight is 354 g/mol. The summed E-state index contributed by atoms with van der Waals surface area (Å²) in [7, 11) is -3.29. The van der Waals surface area contributed by atoms with E-state index in [-0.39, 0.29) is 36.7 Å². The number of sulfonamides is 1. The number of hydrogen-bond acceptors (Lipinski definition) is 4. The fraction of sp³-hybridized carbons (Fsp3) is 0.929. The first-order chi connectivity index (χ1) is 9.84. The molecule has 2 aliphatic heterocycles. The van der Waals surface area contributed by atoms with E-state index in [9.17, 15) is 13.2 Å². The summed E-state index contributed by atoms with van der Waals surface area (Å²) in [6.07, 6.45) is 5.10. The minimum absolute atomic E-state index is 0. The van der Waals surface area contributed by atoms with Crippen LogP contribution in [0.1, 0.15) is 46.0 Å². The molecule has 6 nitrogen and oxygen atoms in total. The van der Waals surface area contributed by atoms with Gasteiger partial charge in [-0.2, -0.15) is 0 Å². The second-order valence-electron chi connectivity index (χ2n) is 6.62. The maximum atomic E-state index is 11.9. The van der Waals surface area contributed by atoms with Gasteiger partial charge in [0, 0.05) is 31.1 Å². The molecule has 1 amide bonds. The predicted octanol–water partition coefficient (Wildman–Crippen LogP) is 0.773. The van der Waals surface area contributed by atoms with Crippen LogP contribution in [0, 0.1) is 5.92 Å². The lowest BCUT2D eigenvalue weighted by atomic mass is 9.89. The van der Waals surface area contributed by atoms with Crippen LogP contribution in [-0.4, -0.2) is 44.7 Å². The van der Waals surface area contributed by atoms with E-state index in [1.807, 2.05) is 0 Å². The summed E-state index contributed by atoms with van der Waals surface area (Å²) in [5.74, 6) is 0.351. The van der Waals surface area contributed by atoms with Crippen molar-refractivity contribution in [2.75, 3.05) is 12.3 Å². The Balaban J connectivity index is 0.00000242. The third-order valence-corrected chi connectivity index (χ3v) is 5.73. The predicted molar refractivity (Wildman–Crippen MR) is 89.6 cm³/mol. The van der Waals surface area contributed by atoms with E-state index in [0.717, 1.165) is 12.8 Å². The third kappa shape index (κ3) is 6.40. The lowest BCUT2D eigenvalue weighted by Crippen LogP contribution is -2.41. The quantitative estimate of drug-likeness (QED) is 0.631. The molecule has 3 N–H and O–H groups in total. The van der Waals surface area contributed by atoms with Gasteiger partial charge in [0.2, 0.25) is 15.9 Å². The fourth-order valence-electron chi connectivity index (χ4n) is 3.42. The largest absolute Gasteiger partial charge is 0.355 e. The van der Waals surface area contributed by atoms with Gasteiger partial charge in [0.15, 0.2) is 0 Å². The topological polar surface area (TPSA) is 87.3 Å². The Morgan fingerprint density at radius 2 is 1.82 bits per heavy atom. The maximum Gasteiger partial charge on any atom is 0.220 e. The molecule has 0 aliphatic carbocycles. The van der Waals surface area contributed by atoms with Gasteiger partial charge in [-0.25, -0.2) is 13.1 Å². The number of hydrogen-bond donors (Lipinski definition) is 3. The van der Waals surface area contributed by atoms with Gasteiger partial charge in [-0.1, -0.05) is 0 Å². The standard InChI is InChI=1S/C14H27N3O3S.ClH/c1-10(2)17-21(19,20)6-5-15-14(18)9-11-7-12-3-4-13(8-11)16-12;/h10-13,16-17H,3-9H2,1-2H3,(H,15,18);1H. The Kier molecular flexibility index (Phi) is 7.58. The van der Waals surface area contributed by atoms with Crippen molar-refractivity contribution in [3.05, 3.63) is 0 Å². The number of piperidine rings is 1. The molecule has 8 heteroatoms. The first-order valence-corrected chi connectivity index (χ1v) is 9.52. The summed E-state index contributed by atoms with van der Waals surface area (Å²) in [6.45, 7) is 3.74. The van der Waals surface area contributed by atoms with Crippen molar-refractivity contribution < 1.29 is 13.2 Å². The summed E-state index contributed by atoms with van der Waals surface area (Å²) >= 11 is 0. The highest BCUT2D eigenvalue weighted by atomic mass is 35.5. The Labute approximate surface area is 139 Å². The van der Waals surface area contributed by atoms with Crippen molar-refractivity contribution in [3.8, 4) is 0 Å². The second kappa shape index (κ2) is 8.47. The molecule has 2 unspecified atom stereocenters. The molecule has 2 atom stereocenters. The normalized spacial score (nSPS) is 27.5. The van der Waals surface area contributed by atoms with Gasteiger partial charge < -0.3 is 10.6 Å². The highest BCUT2D eigenvalue weighted by Crippen LogP contribution is 2.32. The van der Waals surface area contributed by atoms with E-state index >= 15 is 0 Å². The Bertz CT molecular complexity index is 458. The summed E-state index contributed by atoms with van der Waals surface area (Å²) < 4.78 is 25.8. The molecule has 0 radical (unpaired) electrons. The van der Waals surface area contributed by atoms with Gasteiger partial charge >= 0.3 is 0 Å². The molecule has 2 heterocycles. The van der Waals surface area contributed by atoms with Crippen LogP contribution >= 0.6 is 12.4 Å². The van der Waals surface area contributed by atoms with Gasteiger partial charge in [-0.3, -0.25) is 4.79 Å².